The second-order valence-corrected chi connectivity index (χ2v) is 4.35. The van der Waals surface area contributed by atoms with E-state index in [1.54, 1.807) is 0 Å². The molecule has 0 unspecified atom stereocenters. The third-order valence-corrected chi connectivity index (χ3v) is 3.06. The Morgan fingerprint density at radius 1 is 1.06 bits per heavy atom. The highest BCUT2D eigenvalue weighted by Gasteiger charge is 2.39. The Morgan fingerprint density at radius 2 is 1.67 bits per heavy atom. The molecule has 0 aromatic rings. The monoisotopic (exact) mass is 269 g/mol. The van der Waals surface area contributed by atoms with E-state index in [1.807, 2.05) is 13.8 Å². The number of hydrogen-bond donors (Lipinski definition) is 0. The molecule has 1 spiro atoms. The van der Waals surface area contributed by atoms with Gasteiger partial charge in [-0.15, -0.1) is 0 Å². The van der Waals surface area contributed by atoms with Crippen LogP contribution in [0.1, 0.15) is 33.1 Å². The van der Waals surface area contributed by atoms with Gasteiger partial charge in [0.25, 0.3) is 0 Å². The summed E-state index contributed by atoms with van der Waals surface area (Å²) >= 11 is 0. The zero-order chi connectivity index (χ0) is 13.6. The Labute approximate surface area is 106 Å². The summed E-state index contributed by atoms with van der Waals surface area (Å²) in [7, 11) is 0. The van der Waals surface area contributed by atoms with Crippen molar-refractivity contribution in [2.45, 2.75) is 45.1 Å². The predicted octanol–water partition coefficient (Wildman–Crippen LogP) is 2.80. The molecular formula is C12H22F3NO2. The maximum absolute atomic E-state index is 12.2. The number of alkyl halides is 3. The van der Waals surface area contributed by atoms with Crippen molar-refractivity contribution < 1.29 is 22.6 Å². The molecule has 0 aromatic heterocycles. The summed E-state index contributed by atoms with van der Waals surface area (Å²) in [5.41, 5.74) is 0. The molecule has 0 saturated carbocycles. The average Bonchev–Trinajstić information content (AvgIpc) is 2.67. The molecule has 108 valence electrons. The number of halogens is 3. The number of likely N-dealkylation sites (tertiary alicyclic amines) is 1. The highest BCUT2D eigenvalue weighted by molar-refractivity contribution is 4.81. The Bertz CT molecular complexity index is 240. The molecule has 0 amide bonds. The minimum absolute atomic E-state index is 0.388. The van der Waals surface area contributed by atoms with Crippen molar-refractivity contribution in [2.24, 2.45) is 0 Å². The highest BCUT2D eigenvalue weighted by atomic mass is 19.4. The van der Waals surface area contributed by atoms with Crippen LogP contribution in [-0.4, -0.2) is 49.7 Å². The van der Waals surface area contributed by atoms with Crippen LogP contribution in [0.4, 0.5) is 13.2 Å². The maximum Gasteiger partial charge on any atom is 0.401 e. The predicted molar refractivity (Wildman–Crippen MR) is 62.3 cm³/mol. The molecule has 3 nitrogen and oxygen atoms in total. The smallest absolute Gasteiger partial charge is 0.347 e. The molecule has 0 aromatic carbocycles. The number of ether oxygens (including phenoxy) is 2. The number of rotatable bonds is 1. The molecule has 2 aliphatic heterocycles. The summed E-state index contributed by atoms with van der Waals surface area (Å²) in [4.78, 5) is 1.43. The first-order chi connectivity index (χ1) is 8.49. The fraction of sp³-hybridized carbons (Fsp3) is 1.00. The van der Waals surface area contributed by atoms with Gasteiger partial charge in [0.15, 0.2) is 5.79 Å². The third kappa shape index (κ3) is 4.74. The number of hydrogen-bond acceptors (Lipinski definition) is 3. The lowest BCUT2D eigenvalue weighted by atomic mass is 10.1. The van der Waals surface area contributed by atoms with Gasteiger partial charge in [0.05, 0.1) is 19.8 Å². The topological polar surface area (TPSA) is 21.7 Å². The van der Waals surface area contributed by atoms with Crippen molar-refractivity contribution in [2.75, 3.05) is 32.8 Å². The Hall–Kier alpha value is -0.330. The second-order valence-electron chi connectivity index (χ2n) is 4.35. The van der Waals surface area contributed by atoms with Crippen LogP contribution in [-0.2, 0) is 9.47 Å². The van der Waals surface area contributed by atoms with Gasteiger partial charge in [0.2, 0.25) is 0 Å². The zero-order valence-corrected chi connectivity index (χ0v) is 11.1. The quantitative estimate of drug-likeness (QED) is 0.730. The van der Waals surface area contributed by atoms with Crippen LogP contribution >= 0.6 is 0 Å². The summed E-state index contributed by atoms with van der Waals surface area (Å²) in [5, 5.41) is 0. The molecule has 0 N–H and O–H groups in total. The van der Waals surface area contributed by atoms with E-state index in [0.29, 0.717) is 45.6 Å². The highest BCUT2D eigenvalue weighted by Crippen LogP contribution is 2.32. The third-order valence-electron chi connectivity index (χ3n) is 3.06. The van der Waals surface area contributed by atoms with E-state index in [2.05, 4.69) is 0 Å². The lowest BCUT2D eigenvalue weighted by molar-refractivity contribution is -0.168. The molecule has 0 radical (unpaired) electrons. The van der Waals surface area contributed by atoms with Gasteiger partial charge in [0.1, 0.15) is 0 Å². The van der Waals surface area contributed by atoms with Gasteiger partial charge in [-0.1, -0.05) is 13.8 Å². The summed E-state index contributed by atoms with van der Waals surface area (Å²) < 4.78 is 47.7. The minimum Gasteiger partial charge on any atom is -0.347 e. The van der Waals surface area contributed by atoms with Crippen LogP contribution < -0.4 is 0 Å². The molecule has 2 heterocycles. The van der Waals surface area contributed by atoms with Crippen molar-refractivity contribution in [1.82, 2.24) is 4.90 Å². The lowest BCUT2D eigenvalue weighted by Crippen LogP contribution is -2.36. The van der Waals surface area contributed by atoms with Crippen LogP contribution in [0.3, 0.4) is 0 Å². The van der Waals surface area contributed by atoms with E-state index >= 15 is 0 Å². The zero-order valence-electron chi connectivity index (χ0n) is 11.1. The summed E-state index contributed by atoms with van der Waals surface area (Å²) in [6.45, 7) is 5.13. The molecule has 2 rings (SSSR count). The summed E-state index contributed by atoms with van der Waals surface area (Å²) in [6, 6.07) is 0. The van der Waals surface area contributed by atoms with Gasteiger partial charge in [-0.25, -0.2) is 0 Å². The normalized spacial score (nSPS) is 24.5. The average molecular weight is 269 g/mol. The fourth-order valence-electron chi connectivity index (χ4n) is 2.33. The summed E-state index contributed by atoms with van der Waals surface area (Å²) in [6.07, 6.45) is -2.20. The minimum atomic E-state index is -4.12. The van der Waals surface area contributed by atoms with Crippen LogP contribution in [0.5, 0.6) is 0 Å². The van der Waals surface area contributed by atoms with Crippen LogP contribution in [0.25, 0.3) is 0 Å². The number of nitrogens with zero attached hydrogens (tertiary/aromatic N) is 1. The molecule has 2 aliphatic rings. The van der Waals surface area contributed by atoms with E-state index in [9.17, 15) is 13.2 Å². The van der Waals surface area contributed by atoms with Crippen LogP contribution in [0.15, 0.2) is 0 Å². The van der Waals surface area contributed by atoms with E-state index in [4.69, 9.17) is 9.47 Å². The van der Waals surface area contributed by atoms with Gasteiger partial charge in [-0.3, -0.25) is 4.90 Å². The van der Waals surface area contributed by atoms with E-state index in [-0.39, 0.29) is 0 Å². The van der Waals surface area contributed by atoms with Crippen molar-refractivity contribution in [1.29, 1.82) is 0 Å². The fourth-order valence-corrected chi connectivity index (χ4v) is 2.33. The van der Waals surface area contributed by atoms with Gasteiger partial charge in [0, 0.05) is 19.4 Å². The second kappa shape index (κ2) is 6.73. The first-order valence-corrected chi connectivity index (χ1v) is 6.56. The van der Waals surface area contributed by atoms with Crippen molar-refractivity contribution in [3.63, 3.8) is 0 Å². The first-order valence-electron chi connectivity index (χ1n) is 6.56. The summed E-state index contributed by atoms with van der Waals surface area (Å²) in [5.74, 6) is -0.597. The van der Waals surface area contributed by atoms with Gasteiger partial charge < -0.3 is 9.47 Å². The van der Waals surface area contributed by atoms with Crippen molar-refractivity contribution >= 4 is 0 Å². The van der Waals surface area contributed by atoms with Gasteiger partial charge in [-0.05, 0) is 13.0 Å². The maximum atomic E-state index is 12.2. The van der Waals surface area contributed by atoms with E-state index in [1.165, 1.54) is 4.90 Å². The molecule has 2 fully saturated rings. The Balaban J connectivity index is 0.000000771. The molecule has 0 atom stereocenters. The molecule has 0 bridgehead atoms. The molecular weight excluding hydrogens is 247 g/mol. The van der Waals surface area contributed by atoms with Gasteiger partial charge >= 0.3 is 6.18 Å². The van der Waals surface area contributed by atoms with Crippen LogP contribution in [0, 0.1) is 0 Å². The first kappa shape index (κ1) is 15.7. The van der Waals surface area contributed by atoms with E-state index in [0.717, 1.165) is 0 Å². The van der Waals surface area contributed by atoms with Crippen molar-refractivity contribution in [3.05, 3.63) is 0 Å². The standard InChI is InChI=1S/C10H16F3NO2.C2H6/c11-10(12,13)8-14-4-1-2-9(3-5-14)15-6-7-16-9;1-2/h1-8H2;1-2H3. The van der Waals surface area contributed by atoms with Crippen LogP contribution in [0.2, 0.25) is 0 Å². The molecule has 6 heteroatoms. The SMILES string of the molecule is CC.FC(F)(F)CN1CCCC2(CC1)OCCO2. The molecule has 2 saturated heterocycles. The Morgan fingerprint density at radius 3 is 2.22 bits per heavy atom. The molecule has 0 aliphatic carbocycles. The molecule has 18 heavy (non-hydrogen) atoms. The van der Waals surface area contributed by atoms with E-state index < -0.39 is 18.5 Å². The Kier molecular flexibility index (Phi) is 5.88. The van der Waals surface area contributed by atoms with Crippen molar-refractivity contribution in [3.8, 4) is 0 Å². The largest absolute Gasteiger partial charge is 0.401 e. The lowest BCUT2D eigenvalue weighted by Gasteiger charge is -2.26. The van der Waals surface area contributed by atoms with Gasteiger partial charge in [-0.2, -0.15) is 13.2 Å².